The van der Waals surface area contributed by atoms with E-state index in [1.165, 1.54) is 116 Å². The van der Waals surface area contributed by atoms with Crippen molar-refractivity contribution in [2.24, 2.45) is 0 Å². The van der Waals surface area contributed by atoms with E-state index < -0.39 is 18.1 Å². The zero-order chi connectivity index (χ0) is 35.7. The van der Waals surface area contributed by atoms with Crippen molar-refractivity contribution in [2.45, 2.75) is 199 Å². The van der Waals surface area contributed by atoms with Crippen LogP contribution in [0.5, 0.6) is 0 Å². The molecule has 0 heterocycles. The highest BCUT2D eigenvalue weighted by atomic mass is 16.6. The van der Waals surface area contributed by atoms with Gasteiger partial charge in [-0.15, -0.1) is 0 Å². The van der Waals surface area contributed by atoms with Crippen LogP contribution in [0.2, 0.25) is 0 Å². The molecule has 0 fully saturated rings. The molecule has 0 N–H and O–H groups in total. The number of rotatable bonds is 36. The lowest BCUT2D eigenvalue weighted by molar-refractivity contribution is -0.889. The molecule has 0 radical (unpaired) electrons. The van der Waals surface area contributed by atoms with Crippen molar-refractivity contribution < 1.29 is 38.2 Å². The minimum Gasteiger partial charge on any atom is -0.544 e. The second-order valence-electron chi connectivity index (χ2n) is 14.9. The number of unbranched alkanes of at least 4 members (excludes halogenated alkanes) is 22. The fourth-order valence-electron chi connectivity index (χ4n) is 6.07. The van der Waals surface area contributed by atoms with Crippen LogP contribution in [0, 0.1) is 0 Å². The molecule has 0 aliphatic rings. The topological polar surface area (TPSA) is 102 Å². The summed E-state index contributed by atoms with van der Waals surface area (Å²) in [4.78, 5) is 36.6. The van der Waals surface area contributed by atoms with E-state index in [2.05, 4.69) is 13.8 Å². The van der Waals surface area contributed by atoms with Crippen molar-refractivity contribution in [3.05, 3.63) is 0 Å². The van der Waals surface area contributed by atoms with Gasteiger partial charge in [0.2, 0.25) is 0 Å². The number of quaternary nitrogens is 1. The lowest BCUT2D eigenvalue weighted by Gasteiger charge is -2.34. The summed E-state index contributed by atoms with van der Waals surface area (Å²) in [7, 11) is 5.40. The lowest BCUT2D eigenvalue weighted by atomic mass is 10.0. The Balaban J connectivity index is 4.26. The molecule has 8 heteroatoms. The van der Waals surface area contributed by atoms with Gasteiger partial charge in [0.25, 0.3) is 0 Å². The van der Waals surface area contributed by atoms with Gasteiger partial charge in [-0.1, -0.05) is 155 Å². The maximum Gasteiger partial charge on any atom is 0.306 e. The number of carbonyl (C=O) groups excluding carboxylic acids is 3. The van der Waals surface area contributed by atoms with Gasteiger partial charge in [-0.05, 0) is 12.8 Å². The standard InChI is InChI=1S/C40H77NO7/c1-6-8-10-12-14-16-17-18-19-20-21-22-23-25-26-28-30-38(42)47-35-36(34-46-33-32-37(40(44)45)41(3,4)5)48-39(43)31-29-27-24-15-13-11-9-7-2/h36-37H,6-35H2,1-5H3. The van der Waals surface area contributed by atoms with Crippen LogP contribution in [0.25, 0.3) is 0 Å². The molecule has 0 aromatic heterocycles. The first-order chi connectivity index (χ1) is 23.1. The van der Waals surface area contributed by atoms with Gasteiger partial charge in [0.1, 0.15) is 12.6 Å². The highest BCUT2D eigenvalue weighted by Crippen LogP contribution is 2.15. The van der Waals surface area contributed by atoms with E-state index in [0.717, 1.165) is 38.5 Å². The fourth-order valence-corrected chi connectivity index (χ4v) is 6.07. The third kappa shape index (κ3) is 30.4. The number of ether oxygens (including phenoxy) is 3. The number of carboxylic acids is 1. The highest BCUT2D eigenvalue weighted by molar-refractivity contribution is 5.70. The summed E-state index contributed by atoms with van der Waals surface area (Å²) in [5.41, 5.74) is 0. The summed E-state index contributed by atoms with van der Waals surface area (Å²) < 4.78 is 17.1. The van der Waals surface area contributed by atoms with Crippen molar-refractivity contribution in [3.63, 3.8) is 0 Å². The molecule has 2 unspecified atom stereocenters. The molecule has 0 rings (SSSR count). The fraction of sp³-hybridized carbons (Fsp3) is 0.925. The van der Waals surface area contributed by atoms with Crippen LogP contribution >= 0.6 is 0 Å². The summed E-state index contributed by atoms with van der Waals surface area (Å²) in [6.45, 7) is 4.65. The molecule has 0 saturated carbocycles. The Morgan fingerprint density at radius 3 is 1.29 bits per heavy atom. The van der Waals surface area contributed by atoms with Crippen molar-refractivity contribution in [2.75, 3.05) is 41.0 Å². The summed E-state index contributed by atoms with van der Waals surface area (Å²) >= 11 is 0. The molecule has 0 bridgehead atoms. The Kier molecular flexibility index (Phi) is 31.4. The molecule has 0 aromatic carbocycles. The van der Waals surface area contributed by atoms with Crippen molar-refractivity contribution in [1.29, 1.82) is 0 Å². The minimum atomic E-state index is -1.12. The average Bonchev–Trinajstić information content (AvgIpc) is 3.03. The van der Waals surface area contributed by atoms with Crippen molar-refractivity contribution >= 4 is 17.9 Å². The summed E-state index contributed by atoms with van der Waals surface area (Å²) in [5, 5.41) is 11.6. The number of esters is 2. The third-order valence-corrected chi connectivity index (χ3v) is 9.24. The average molecular weight is 684 g/mol. The molecule has 0 aliphatic heterocycles. The van der Waals surface area contributed by atoms with E-state index in [1.54, 1.807) is 21.1 Å². The molecule has 0 spiro atoms. The maximum absolute atomic E-state index is 12.6. The first-order valence-electron chi connectivity index (χ1n) is 20.1. The normalized spacial score (nSPS) is 12.9. The highest BCUT2D eigenvalue weighted by Gasteiger charge is 2.25. The molecule has 0 aliphatic carbocycles. The monoisotopic (exact) mass is 684 g/mol. The summed E-state index contributed by atoms with van der Waals surface area (Å²) in [5.74, 6) is -1.73. The van der Waals surface area contributed by atoms with Crippen LogP contribution in [0.4, 0.5) is 0 Å². The molecule has 0 aromatic rings. The van der Waals surface area contributed by atoms with Crippen LogP contribution in [-0.4, -0.2) is 75.5 Å². The molecule has 0 amide bonds. The number of nitrogens with zero attached hydrogens (tertiary/aromatic N) is 1. The van der Waals surface area contributed by atoms with E-state index in [9.17, 15) is 19.5 Å². The van der Waals surface area contributed by atoms with E-state index in [0.29, 0.717) is 12.8 Å². The quantitative estimate of drug-likeness (QED) is 0.0369. The first-order valence-corrected chi connectivity index (χ1v) is 20.1. The van der Waals surface area contributed by atoms with E-state index in [4.69, 9.17) is 14.2 Å². The van der Waals surface area contributed by atoms with Gasteiger partial charge in [-0.25, -0.2) is 0 Å². The van der Waals surface area contributed by atoms with E-state index >= 15 is 0 Å². The van der Waals surface area contributed by atoms with Crippen LogP contribution in [0.15, 0.2) is 0 Å². The van der Waals surface area contributed by atoms with Crippen LogP contribution in [0.1, 0.15) is 187 Å². The molecular formula is C40H77NO7. The Morgan fingerprint density at radius 2 is 0.917 bits per heavy atom. The van der Waals surface area contributed by atoms with Crippen LogP contribution in [0.3, 0.4) is 0 Å². The second-order valence-corrected chi connectivity index (χ2v) is 14.9. The molecule has 284 valence electrons. The van der Waals surface area contributed by atoms with Gasteiger partial charge in [0.15, 0.2) is 6.10 Å². The Labute approximate surface area is 296 Å². The Hall–Kier alpha value is -1.67. The molecular weight excluding hydrogens is 606 g/mol. The second kappa shape index (κ2) is 32.5. The SMILES string of the molecule is CCCCCCCCCCCCCCCCCCC(=O)OCC(COCCC(C(=O)[O-])[N+](C)(C)C)OC(=O)CCCCCCCCCC. The summed E-state index contributed by atoms with van der Waals surface area (Å²) in [6.07, 6.45) is 29.9. The Bertz CT molecular complexity index is 767. The van der Waals surface area contributed by atoms with Gasteiger partial charge in [-0.3, -0.25) is 9.59 Å². The van der Waals surface area contributed by atoms with E-state index in [-0.39, 0.29) is 42.7 Å². The molecule has 0 saturated heterocycles. The lowest BCUT2D eigenvalue weighted by Crippen LogP contribution is -2.55. The summed E-state index contributed by atoms with van der Waals surface area (Å²) in [6, 6.07) is -0.717. The maximum atomic E-state index is 12.6. The van der Waals surface area contributed by atoms with Crippen LogP contribution < -0.4 is 5.11 Å². The Morgan fingerprint density at radius 1 is 0.542 bits per heavy atom. The zero-order valence-corrected chi connectivity index (χ0v) is 32.2. The third-order valence-electron chi connectivity index (χ3n) is 9.24. The van der Waals surface area contributed by atoms with Gasteiger partial charge >= 0.3 is 11.9 Å². The number of carboxylic acid groups (broad SMARTS) is 1. The number of hydrogen-bond acceptors (Lipinski definition) is 7. The molecule has 48 heavy (non-hydrogen) atoms. The van der Waals surface area contributed by atoms with Crippen molar-refractivity contribution in [1.82, 2.24) is 0 Å². The van der Waals surface area contributed by atoms with Gasteiger partial charge in [-0.2, -0.15) is 0 Å². The molecule has 2 atom stereocenters. The zero-order valence-electron chi connectivity index (χ0n) is 32.2. The number of likely N-dealkylation sites (N-methyl/N-ethyl adjacent to an activating group) is 1. The number of hydrogen-bond donors (Lipinski definition) is 0. The predicted molar refractivity (Wildman–Crippen MR) is 194 cm³/mol. The number of aliphatic carboxylic acids is 1. The number of carbonyl (C=O) groups is 3. The largest absolute Gasteiger partial charge is 0.544 e. The van der Waals surface area contributed by atoms with E-state index in [1.807, 2.05) is 0 Å². The minimum absolute atomic E-state index is 0.0480. The van der Waals surface area contributed by atoms with Gasteiger partial charge in [0, 0.05) is 19.3 Å². The molecule has 8 nitrogen and oxygen atoms in total. The van der Waals surface area contributed by atoms with Gasteiger partial charge < -0.3 is 28.6 Å². The smallest absolute Gasteiger partial charge is 0.306 e. The van der Waals surface area contributed by atoms with Crippen LogP contribution in [-0.2, 0) is 28.6 Å². The van der Waals surface area contributed by atoms with Crippen molar-refractivity contribution in [3.8, 4) is 0 Å². The predicted octanol–water partition coefficient (Wildman–Crippen LogP) is 8.86. The first kappa shape index (κ1) is 46.3. The van der Waals surface area contributed by atoms with Gasteiger partial charge in [0.05, 0.1) is 40.3 Å².